The molecule has 0 radical (unpaired) electrons. The molecule has 6 heteroatoms. The van der Waals surface area contributed by atoms with E-state index in [-0.39, 0.29) is 23.5 Å². The van der Waals surface area contributed by atoms with Gasteiger partial charge in [0.2, 0.25) is 5.79 Å². The van der Waals surface area contributed by atoms with E-state index in [1.165, 1.54) is 52.1 Å². The van der Waals surface area contributed by atoms with Gasteiger partial charge in [0.15, 0.2) is 5.78 Å². The molecular weight excluding hydrogens is 673 g/mol. The topological polar surface area (TPSA) is 71.1 Å². The summed E-state index contributed by atoms with van der Waals surface area (Å²) in [7, 11) is 1.45. The van der Waals surface area contributed by atoms with Gasteiger partial charge in [-0.25, -0.2) is 4.89 Å². The number of methoxy groups -OCH3 is 1. The van der Waals surface area contributed by atoms with Crippen LogP contribution in [0.25, 0.3) is 0 Å². The Balaban J connectivity index is 2.02. The van der Waals surface area contributed by atoms with Crippen LogP contribution in [-0.2, 0) is 28.8 Å². The van der Waals surface area contributed by atoms with Crippen molar-refractivity contribution in [1.82, 2.24) is 0 Å². The second kappa shape index (κ2) is 26.0. The van der Waals surface area contributed by atoms with Crippen molar-refractivity contribution in [3.63, 3.8) is 0 Å². The third-order valence-corrected chi connectivity index (χ3v) is 12.1. The van der Waals surface area contributed by atoms with E-state index in [9.17, 15) is 9.59 Å². The fraction of sp³-hybridized carbons (Fsp3) is 0.792. The van der Waals surface area contributed by atoms with Gasteiger partial charge in [0, 0.05) is 23.1 Å². The molecule has 2 aliphatic rings. The van der Waals surface area contributed by atoms with E-state index in [0.717, 1.165) is 118 Å². The van der Waals surface area contributed by atoms with Crippen molar-refractivity contribution >= 4 is 11.8 Å². The molecule has 2 rings (SSSR count). The van der Waals surface area contributed by atoms with Crippen molar-refractivity contribution in [3.05, 3.63) is 46.6 Å². The van der Waals surface area contributed by atoms with Crippen LogP contribution in [0.1, 0.15) is 204 Å². The fourth-order valence-electron chi connectivity index (χ4n) is 8.12. The number of unbranched alkanes of at least 4 members (excludes halogenated alkanes) is 7. The highest BCUT2D eigenvalue weighted by atomic mass is 17.2. The molecular formula is C48H82O6. The van der Waals surface area contributed by atoms with E-state index >= 15 is 0 Å². The number of carbonyl (C=O) groups is 2. The molecule has 1 fully saturated rings. The van der Waals surface area contributed by atoms with Crippen LogP contribution in [0.15, 0.2) is 46.6 Å². The summed E-state index contributed by atoms with van der Waals surface area (Å²) in [4.78, 5) is 37.5. The molecule has 1 saturated heterocycles. The van der Waals surface area contributed by atoms with E-state index in [1.54, 1.807) is 0 Å². The smallest absolute Gasteiger partial charge is 0.305 e. The molecule has 1 aliphatic carbocycles. The lowest BCUT2D eigenvalue weighted by Crippen LogP contribution is -2.54. The van der Waals surface area contributed by atoms with Crippen LogP contribution in [0.5, 0.6) is 0 Å². The number of hydrogen-bond acceptors (Lipinski definition) is 6. The third kappa shape index (κ3) is 17.0. The van der Waals surface area contributed by atoms with Crippen LogP contribution in [0, 0.1) is 17.8 Å². The van der Waals surface area contributed by atoms with Crippen LogP contribution in [0.2, 0.25) is 0 Å². The molecule has 0 bridgehead atoms. The molecule has 310 valence electrons. The first-order valence-electron chi connectivity index (χ1n) is 22.2. The first-order chi connectivity index (χ1) is 25.8. The van der Waals surface area contributed by atoms with Gasteiger partial charge in [0.1, 0.15) is 6.10 Å². The number of hydrogen-bond donors (Lipinski definition) is 0. The number of ether oxygens (including phenoxy) is 2. The Morgan fingerprint density at radius 2 is 1.44 bits per heavy atom. The second-order valence-corrected chi connectivity index (χ2v) is 17.6. The number of allylic oxidation sites excluding steroid dienone is 5. The molecule has 0 saturated carbocycles. The summed E-state index contributed by atoms with van der Waals surface area (Å²) in [5, 5.41) is 0. The molecule has 1 aliphatic heterocycles. The van der Waals surface area contributed by atoms with Gasteiger partial charge in [-0.1, -0.05) is 149 Å². The van der Waals surface area contributed by atoms with E-state index < -0.39 is 5.79 Å². The Morgan fingerprint density at radius 3 is 2.11 bits per heavy atom. The predicted molar refractivity (Wildman–Crippen MR) is 225 cm³/mol. The number of ketones is 1. The lowest BCUT2D eigenvalue weighted by molar-refractivity contribution is -0.436. The van der Waals surface area contributed by atoms with Crippen LogP contribution >= 0.6 is 0 Å². The van der Waals surface area contributed by atoms with Crippen molar-refractivity contribution in [1.29, 1.82) is 0 Å². The average molecular weight is 755 g/mol. The molecule has 0 spiro atoms. The molecule has 0 unspecified atom stereocenters. The molecule has 0 aromatic heterocycles. The van der Waals surface area contributed by atoms with Crippen molar-refractivity contribution in [2.45, 2.75) is 221 Å². The van der Waals surface area contributed by atoms with Crippen LogP contribution in [0.4, 0.5) is 0 Å². The van der Waals surface area contributed by atoms with Crippen molar-refractivity contribution in [3.8, 4) is 0 Å². The van der Waals surface area contributed by atoms with Gasteiger partial charge in [-0.05, 0) is 96.0 Å². The molecule has 0 aromatic rings. The molecule has 54 heavy (non-hydrogen) atoms. The predicted octanol–water partition coefficient (Wildman–Crippen LogP) is 13.8. The van der Waals surface area contributed by atoms with Crippen LogP contribution in [-0.4, -0.2) is 36.4 Å². The highest BCUT2D eigenvalue weighted by Crippen LogP contribution is 2.51. The molecule has 0 N–H and O–H groups in total. The number of carbonyl (C=O) groups excluding carboxylic acids is 2. The summed E-state index contributed by atoms with van der Waals surface area (Å²) in [6.45, 7) is 19.8. The van der Waals surface area contributed by atoms with Gasteiger partial charge in [0.25, 0.3) is 0 Å². The quantitative estimate of drug-likeness (QED) is 0.0249. The molecule has 0 amide bonds. The SMILES string of the molecule is CCCCC[C@H](/C=C/C=C\CCCCCCCC(=O)OC)OO[C@]12O[C@](C)(CCC[C@H](C)CCC[C@H](C)CCCC(C)C)CCC1=C(C)C(=O)C(C)=C2C. The number of esters is 1. The van der Waals surface area contributed by atoms with Gasteiger partial charge in [-0.2, -0.15) is 4.89 Å². The highest BCUT2D eigenvalue weighted by molar-refractivity contribution is 6.10. The first-order valence-corrected chi connectivity index (χ1v) is 22.2. The number of fused-ring (bicyclic) bond motifs is 1. The summed E-state index contributed by atoms with van der Waals surface area (Å²) in [6, 6.07) is 0. The molecule has 6 nitrogen and oxygen atoms in total. The Kier molecular flexibility index (Phi) is 23.2. The summed E-state index contributed by atoms with van der Waals surface area (Å²) >= 11 is 0. The Bertz CT molecular complexity index is 1230. The summed E-state index contributed by atoms with van der Waals surface area (Å²) in [5.74, 6) is 1.13. The zero-order valence-electron chi connectivity index (χ0n) is 36.6. The maximum absolute atomic E-state index is 13.3. The normalized spacial score (nSPS) is 22.5. The lowest BCUT2D eigenvalue weighted by atomic mass is 9.75. The van der Waals surface area contributed by atoms with E-state index in [0.29, 0.717) is 17.9 Å². The molecule has 0 aromatic carbocycles. The molecule has 5 atom stereocenters. The van der Waals surface area contributed by atoms with Gasteiger partial charge >= 0.3 is 5.97 Å². The number of rotatable bonds is 29. The highest BCUT2D eigenvalue weighted by Gasteiger charge is 2.54. The van der Waals surface area contributed by atoms with Gasteiger partial charge in [-0.15, -0.1) is 0 Å². The minimum atomic E-state index is -1.18. The summed E-state index contributed by atoms with van der Waals surface area (Å²) in [6.07, 6.45) is 32.3. The van der Waals surface area contributed by atoms with Crippen molar-refractivity contribution in [2.24, 2.45) is 17.8 Å². The van der Waals surface area contributed by atoms with Crippen LogP contribution < -0.4 is 0 Å². The zero-order chi connectivity index (χ0) is 40.0. The monoisotopic (exact) mass is 755 g/mol. The Morgan fingerprint density at radius 1 is 0.796 bits per heavy atom. The third-order valence-electron chi connectivity index (χ3n) is 12.1. The maximum atomic E-state index is 13.3. The summed E-state index contributed by atoms with van der Waals surface area (Å²) in [5.41, 5.74) is 2.79. The largest absolute Gasteiger partial charge is 0.469 e. The van der Waals surface area contributed by atoms with Gasteiger partial charge < -0.3 is 9.47 Å². The van der Waals surface area contributed by atoms with E-state index in [2.05, 4.69) is 65.8 Å². The number of Topliss-reactive ketones (excluding diaryl/α,β-unsaturated/α-hetero) is 1. The Labute approximate surface area is 332 Å². The first kappa shape index (κ1) is 48.1. The lowest BCUT2D eigenvalue weighted by Gasteiger charge is -2.50. The van der Waals surface area contributed by atoms with Gasteiger partial charge in [-0.3, -0.25) is 9.59 Å². The van der Waals surface area contributed by atoms with E-state index in [1.807, 2.05) is 20.8 Å². The zero-order valence-corrected chi connectivity index (χ0v) is 36.6. The maximum Gasteiger partial charge on any atom is 0.305 e. The Hall–Kier alpha value is -2.02. The molecule has 1 heterocycles. The van der Waals surface area contributed by atoms with Gasteiger partial charge in [0.05, 0.1) is 12.7 Å². The van der Waals surface area contributed by atoms with Crippen molar-refractivity contribution < 1.29 is 28.8 Å². The minimum absolute atomic E-state index is 0.0858. The van der Waals surface area contributed by atoms with Crippen molar-refractivity contribution in [2.75, 3.05) is 7.11 Å². The summed E-state index contributed by atoms with van der Waals surface area (Å²) < 4.78 is 11.9. The standard InChI is InChI=1S/C48H82O6/c1-11-12-20-31-43(32-21-18-16-14-13-15-17-19-22-33-45(49)51-10)52-54-48-42(8)40(6)46(50)41(7)44(48)34-36-47(9,53-48)35-25-30-39(5)29-24-28-38(4)27-23-26-37(2)3/h16,18,21,32,37-39,43H,11-15,17,19-20,22-31,33-36H2,1-10H3/b18-16-,32-21+/t38-,39-,43-,47-,48+/m1/s1. The average Bonchev–Trinajstić information content (AvgIpc) is 3.13. The second-order valence-electron chi connectivity index (χ2n) is 17.6. The fourth-order valence-corrected chi connectivity index (χ4v) is 8.12. The van der Waals surface area contributed by atoms with Crippen LogP contribution in [0.3, 0.4) is 0 Å². The minimum Gasteiger partial charge on any atom is -0.469 e. The van der Waals surface area contributed by atoms with E-state index in [4.69, 9.17) is 19.2 Å².